The van der Waals surface area contributed by atoms with Crippen LogP contribution in [0.3, 0.4) is 0 Å². The lowest BCUT2D eigenvalue weighted by Crippen LogP contribution is -2.48. The molecule has 90 valence electrons. The third-order valence-electron chi connectivity index (χ3n) is 3.65. The first-order valence-corrected chi connectivity index (χ1v) is 6.21. The standard InChI is InChI=1S/C13H22N2O/c1-14-12-7-3-4-8-13(12)15(2)10-11-6-5-9-16-11/h5-6,9,12-14H,3-4,7-8,10H2,1-2H3/t12-,13-/m1/s1. The minimum atomic E-state index is 0.633. The molecule has 0 aliphatic heterocycles. The van der Waals surface area contributed by atoms with Crippen molar-refractivity contribution in [3.8, 4) is 0 Å². The average Bonchev–Trinajstić information content (AvgIpc) is 2.81. The van der Waals surface area contributed by atoms with Crippen LogP contribution in [0.1, 0.15) is 31.4 Å². The Labute approximate surface area is 97.8 Å². The molecule has 0 aromatic carbocycles. The van der Waals surface area contributed by atoms with Crippen LogP contribution in [0.5, 0.6) is 0 Å². The second-order valence-electron chi connectivity index (χ2n) is 4.74. The summed E-state index contributed by atoms with van der Waals surface area (Å²) in [5.74, 6) is 1.06. The van der Waals surface area contributed by atoms with E-state index in [9.17, 15) is 0 Å². The summed E-state index contributed by atoms with van der Waals surface area (Å²) in [7, 11) is 4.27. The van der Waals surface area contributed by atoms with Crippen LogP contribution < -0.4 is 5.32 Å². The fourth-order valence-corrected chi connectivity index (χ4v) is 2.74. The molecule has 1 aromatic heterocycles. The van der Waals surface area contributed by atoms with Gasteiger partial charge in [-0.1, -0.05) is 12.8 Å². The normalized spacial score (nSPS) is 26.2. The number of hydrogen-bond donors (Lipinski definition) is 1. The minimum Gasteiger partial charge on any atom is -0.468 e. The van der Waals surface area contributed by atoms with Crippen molar-refractivity contribution < 1.29 is 4.42 Å². The summed E-state index contributed by atoms with van der Waals surface area (Å²) < 4.78 is 5.40. The summed E-state index contributed by atoms with van der Waals surface area (Å²) in [4.78, 5) is 2.42. The van der Waals surface area contributed by atoms with E-state index in [0.717, 1.165) is 12.3 Å². The second kappa shape index (κ2) is 5.51. The Balaban J connectivity index is 1.94. The lowest BCUT2D eigenvalue weighted by atomic mass is 9.89. The van der Waals surface area contributed by atoms with Gasteiger partial charge >= 0.3 is 0 Å². The quantitative estimate of drug-likeness (QED) is 0.847. The van der Waals surface area contributed by atoms with Gasteiger partial charge in [0.05, 0.1) is 12.8 Å². The number of nitrogens with zero attached hydrogens (tertiary/aromatic N) is 1. The van der Waals surface area contributed by atoms with Crippen LogP contribution in [-0.4, -0.2) is 31.1 Å². The first-order valence-electron chi connectivity index (χ1n) is 6.21. The van der Waals surface area contributed by atoms with Crippen molar-refractivity contribution in [3.63, 3.8) is 0 Å². The van der Waals surface area contributed by atoms with Gasteiger partial charge in [-0.05, 0) is 39.1 Å². The first-order chi connectivity index (χ1) is 7.81. The Bertz CT molecular complexity index is 297. The van der Waals surface area contributed by atoms with E-state index in [1.54, 1.807) is 6.26 Å². The topological polar surface area (TPSA) is 28.4 Å². The fourth-order valence-electron chi connectivity index (χ4n) is 2.74. The summed E-state index contributed by atoms with van der Waals surface area (Å²) >= 11 is 0. The fraction of sp³-hybridized carbons (Fsp3) is 0.692. The SMILES string of the molecule is CN[C@@H]1CCCC[C@H]1N(C)Cc1ccco1. The molecule has 16 heavy (non-hydrogen) atoms. The van der Waals surface area contributed by atoms with Crippen molar-refractivity contribution in [3.05, 3.63) is 24.2 Å². The molecule has 0 bridgehead atoms. The van der Waals surface area contributed by atoms with Gasteiger partial charge in [-0.25, -0.2) is 0 Å². The Morgan fingerprint density at radius 3 is 2.94 bits per heavy atom. The van der Waals surface area contributed by atoms with Gasteiger partial charge in [0.1, 0.15) is 5.76 Å². The van der Waals surface area contributed by atoms with E-state index in [1.807, 2.05) is 12.1 Å². The maximum atomic E-state index is 5.40. The number of rotatable bonds is 4. The zero-order valence-corrected chi connectivity index (χ0v) is 10.3. The maximum absolute atomic E-state index is 5.40. The van der Waals surface area contributed by atoms with Gasteiger partial charge in [-0.15, -0.1) is 0 Å². The van der Waals surface area contributed by atoms with Crippen molar-refractivity contribution in [1.82, 2.24) is 10.2 Å². The van der Waals surface area contributed by atoms with Crippen LogP contribution in [0.2, 0.25) is 0 Å². The molecule has 0 unspecified atom stereocenters. The molecule has 3 nitrogen and oxygen atoms in total. The summed E-state index contributed by atoms with van der Waals surface area (Å²) in [5.41, 5.74) is 0. The van der Waals surface area contributed by atoms with Gasteiger partial charge in [0, 0.05) is 12.1 Å². The number of nitrogens with one attached hydrogen (secondary N) is 1. The molecule has 3 heteroatoms. The average molecular weight is 222 g/mol. The van der Waals surface area contributed by atoms with E-state index < -0.39 is 0 Å². The molecule has 0 saturated heterocycles. The molecule has 0 radical (unpaired) electrons. The Morgan fingerprint density at radius 2 is 2.25 bits per heavy atom. The van der Waals surface area contributed by atoms with Crippen LogP contribution >= 0.6 is 0 Å². The van der Waals surface area contributed by atoms with Crippen LogP contribution in [0.25, 0.3) is 0 Å². The zero-order valence-electron chi connectivity index (χ0n) is 10.3. The summed E-state index contributed by atoms with van der Waals surface area (Å²) in [6.45, 7) is 0.913. The highest BCUT2D eigenvalue weighted by molar-refractivity contribution is 4.99. The minimum absolute atomic E-state index is 0.633. The van der Waals surface area contributed by atoms with Gasteiger partial charge in [-0.3, -0.25) is 4.90 Å². The molecule has 1 fully saturated rings. The van der Waals surface area contributed by atoms with Crippen LogP contribution in [-0.2, 0) is 6.54 Å². The predicted octanol–water partition coefficient (Wildman–Crippen LogP) is 2.24. The van der Waals surface area contributed by atoms with Crippen molar-refractivity contribution in [2.45, 2.75) is 44.3 Å². The second-order valence-corrected chi connectivity index (χ2v) is 4.74. The molecule has 0 amide bonds. The van der Waals surface area contributed by atoms with Gasteiger partial charge in [0.15, 0.2) is 0 Å². The Morgan fingerprint density at radius 1 is 1.44 bits per heavy atom. The van der Waals surface area contributed by atoms with E-state index in [1.165, 1.54) is 25.7 Å². The first kappa shape index (κ1) is 11.7. The molecular formula is C13H22N2O. The van der Waals surface area contributed by atoms with E-state index in [0.29, 0.717) is 12.1 Å². The molecule has 1 heterocycles. The molecule has 1 aliphatic carbocycles. The largest absolute Gasteiger partial charge is 0.468 e. The highest BCUT2D eigenvalue weighted by atomic mass is 16.3. The summed E-state index contributed by atoms with van der Waals surface area (Å²) in [5, 5.41) is 3.44. The van der Waals surface area contributed by atoms with Crippen molar-refractivity contribution in [2.24, 2.45) is 0 Å². The number of hydrogen-bond acceptors (Lipinski definition) is 3. The van der Waals surface area contributed by atoms with Gasteiger partial charge < -0.3 is 9.73 Å². The maximum Gasteiger partial charge on any atom is 0.117 e. The van der Waals surface area contributed by atoms with Crippen LogP contribution in [0, 0.1) is 0 Å². The summed E-state index contributed by atoms with van der Waals surface area (Å²) in [6.07, 6.45) is 7.05. The zero-order chi connectivity index (χ0) is 11.4. The molecule has 2 rings (SSSR count). The van der Waals surface area contributed by atoms with Gasteiger partial charge in [0.25, 0.3) is 0 Å². The third kappa shape index (κ3) is 2.66. The Hall–Kier alpha value is -0.800. The van der Waals surface area contributed by atoms with Crippen LogP contribution in [0.15, 0.2) is 22.8 Å². The van der Waals surface area contributed by atoms with Gasteiger partial charge in [-0.2, -0.15) is 0 Å². The van der Waals surface area contributed by atoms with Crippen molar-refractivity contribution >= 4 is 0 Å². The lowest BCUT2D eigenvalue weighted by molar-refractivity contribution is 0.139. The predicted molar refractivity (Wildman–Crippen MR) is 65.3 cm³/mol. The van der Waals surface area contributed by atoms with E-state index >= 15 is 0 Å². The smallest absolute Gasteiger partial charge is 0.117 e. The lowest BCUT2D eigenvalue weighted by Gasteiger charge is -2.37. The van der Waals surface area contributed by atoms with Crippen molar-refractivity contribution in [1.29, 1.82) is 0 Å². The summed E-state index contributed by atoms with van der Waals surface area (Å²) in [6, 6.07) is 5.28. The third-order valence-corrected chi connectivity index (χ3v) is 3.65. The molecule has 1 N–H and O–H groups in total. The molecule has 1 aliphatic rings. The highest BCUT2D eigenvalue weighted by Gasteiger charge is 2.27. The van der Waals surface area contributed by atoms with E-state index in [4.69, 9.17) is 4.42 Å². The molecule has 2 atom stereocenters. The number of likely N-dealkylation sites (N-methyl/N-ethyl adjacent to an activating group) is 2. The molecule has 1 aromatic rings. The van der Waals surface area contributed by atoms with Gasteiger partial charge in [0.2, 0.25) is 0 Å². The Kier molecular flexibility index (Phi) is 4.02. The van der Waals surface area contributed by atoms with E-state index in [2.05, 4.69) is 24.3 Å². The molecule has 0 spiro atoms. The van der Waals surface area contributed by atoms with Crippen LogP contribution in [0.4, 0.5) is 0 Å². The van der Waals surface area contributed by atoms with E-state index in [-0.39, 0.29) is 0 Å². The number of furan rings is 1. The molecular weight excluding hydrogens is 200 g/mol. The molecule has 1 saturated carbocycles. The highest BCUT2D eigenvalue weighted by Crippen LogP contribution is 2.23. The monoisotopic (exact) mass is 222 g/mol. The van der Waals surface area contributed by atoms with Crippen molar-refractivity contribution in [2.75, 3.05) is 14.1 Å².